The Kier molecular flexibility index (Phi) is 8.97. The van der Waals surface area contributed by atoms with Crippen LogP contribution in [0.4, 0.5) is 0 Å². The maximum atomic E-state index is 11.6. The molecule has 0 fully saturated rings. The lowest BCUT2D eigenvalue weighted by molar-refractivity contribution is -0.142. The van der Waals surface area contributed by atoms with Crippen molar-refractivity contribution in [1.82, 2.24) is 0 Å². The Morgan fingerprint density at radius 3 is 2.40 bits per heavy atom. The highest BCUT2D eigenvalue weighted by atomic mass is 32.2. The fraction of sp³-hybridized carbons (Fsp3) is 0.917. The smallest absolute Gasteiger partial charge is 0.319 e. The van der Waals surface area contributed by atoms with Crippen LogP contribution in [0.15, 0.2) is 0 Å². The highest BCUT2D eigenvalue weighted by Crippen LogP contribution is 2.20. The minimum Gasteiger partial charge on any atom is -0.465 e. The molecule has 90 valence electrons. The molecular formula is C12H24O2S. The van der Waals surface area contributed by atoms with Gasteiger partial charge in [-0.3, -0.25) is 4.79 Å². The first kappa shape index (κ1) is 14.8. The van der Waals surface area contributed by atoms with Crippen LogP contribution >= 0.6 is 11.8 Å². The summed E-state index contributed by atoms with van der Waals surface area (Å²) in [5, 5.41) is 0.0497. The standard InChI is InChI=1S/C12H24O2S/c1-5-7-11(12(13)14-6-2)15-9-8-10(3)4/h10-11H,5-9H2,1-4H3. The maximum Gasteiger partial charge on any atom is 0.319 e. The van der Waals surface area contributed by atoms with E-state index in [1.54, 1.807) is 11.8 Å². The van der Waals surface area contributed by atoms with Crippen LogP contribution in [0.5, 0.6) is 0 Å². The number of esters is 1. The van der Waals surface area contributed by atoms with E-state index in [9.17, 15) is 4.79 Å². The van der Waals surface area contributed by atoms with Crippen molar-refractivity contribution in [3.8, 4) is 0 Å². The van der Waals surface area contributed by atoms with Gasteiger partial charge in [0.05, 0.1) is 6.61 Å². The van der Waals surface area contributed by atoms with E-state index in [1.165, 1.54) is 6.42 Å². The van der Waals surface area contributed by atoms with E-state index >= 15 is 0 Å². The summed E-state index contributed by atoms with van der Waals surface area (Å²) < 4.78 is 5.05. The van der Waals surface area contributed by atoms with Gasteiger partial charge in [0.25, 0.3) is 0 Å². The Labute approximate surface area is 98.2 Å². The molecule has 15 heavy (non-hydrogen) atoms. The summed E-state index contributed by atoms with van der Waals surface area (Å²) in [5.74, 6) is 1.73. The second kappa shape index (κ2) is 9.08. The Morgan fingerprint density at radius 1 is 1.27 bits per heavy atom. The Bertz CT molecular complexity index is 169. The summed E-state index contributed by atoms with van der Waals surface area (Å²) in [4.78, 5) is 11.6. The minimum absolute atomic E-state index is 0.0342. The summed E-state index contributed by atoms with van der Waals surface area (Å²) in [7, 11) is 0. The molecule has 0 rings (SSSR count). The molecule has 0 aliphatic rings. The fourth-order valence-corrected chi connectivity index (χ4v) is 2.71. The lowest BCUT2D eigenvalue weighted by Gasteiger charge is -2.14. The molecule has 1 unspecified atom stereocenters. The molecule has 2 nitrogen and oxygen atoms in total. The van der Waals surface area contributed by atoms with E-state index in [2.05, 4.69) is 20.8 Å². The van der Waals surface area contributed by atoms with Crippen molar-refractivity contribution < 1.29 is 9.53 Å². The van der Waals surface area contributed by atoms with Gasteiger partial charge in [0, 0.05) is 0 Å². The zero-order chi connectivity index (χ0) is 11.7. The quantitative estimate of drug-likeness (QED) is 0.599. The van der Waals surface area contributed by atoms with Crippen molar-refractivity contribution in [2.45, 2.75) is 52.2 Å². The van der Waals surface area contributed by atoms with Gasteiger partial charge in [-0.05, 0) is 31.4 Å². The first-order valence-corrected chi connectivity index (χ1v) is 6.94. The molecule has 0 saturated heterocycles. The molecule has 0 aliphatic heterocycles. The van der Waals surface area contributed by atoms with E-state index in [0.29, 0.717) is 12.5 Å². The van der Waals surface area contributed by atoms with Gasteiger partial charge in [0.2, 0.25) is 0 Å². The van der Waals surface area contributed by atoms with Crippen LogP contribution in [0.3, 0.4) is 0 Å². The van der Waals surface area contributed by atoms with E-state index < -0.39 is 0 Å². The molecule has 0 aromatic heterocycles. The zero-order valence-electron chi connectivity index (χ0n) is 10.4. The third-order valence-corrected chi connectivity index (χ3v) is 3.42. The van der Waals surface area contributed by atoms with Crippen molar-refractivity contribution in [2.24, 2.45) is 5.92 Å². The minimum atomic E-state index is -0.0342. The number of hydrogen-bond acceptors (Lipinski definition) is 3. The summed E-state index contributed by atoms with van der Waals surface area (Å²) in [6, 6.07) is 0. The molecule has 0 aromatic rings. The van der Waals surface area contributed by atoms with Gasteiger partial charge < -0.3 is 4.74 Å². The molecular weight excluding hydrogens is 208 g/mol. The molecule has 0 radical (unpaired) electrons. The third-order valence-electron chi connectivity index (χ3n) is 2.11. The largest absolute Gasteiger partial charge is 0.465 e. The highest BCUT2D eigenvalue weighted by Gasteiger charge is 2.18. The van der Waals surface area contributed by atoms with Gasteiger partial charge in [-0.2, -0.15) is 0 Å². The molecule has 0 aliphatic carbocycles. The number of thioether (sulfide) groups is 1. The molecule has 0 N–H and O–H groups in total. The summed E-state index contributed by atoms with van der Waals surface area (Å²) in [6.07, 6.45) is 3.14. The summed E-state index contributed by atoms with van der Waals surface area (Å²) >= 11 is 1.75. The Morgan fingerprint density at radius 2 is 1.93 bits per heavy atom. The monoisotopic (exact) mass is 232 g/mol. The van der Waals surface area contributed by atoms with Gasteiger partial charge in [-0.1, -0.05) is 27.2 Å². The van der Waals surface area contributed by atoms with Crippen LogP contribution in [0.25, 0.3) is 0 Å². The number of hydrogen-bond donors (Lipinski definition) is 0. The average molecular weight is 232 g/mol. The lowest BCUT2D eigenvalue weighted by Crippen LogP contribution is -2.20. The average Bonchev–Trinajstić information content (AvgIpc) is 2.16. The highest BCUT2D eigenvalue weighted by molar-refractivity contribution is 8.00. The number of rotatable bonds is 8. The van der Waals surface area contributed by atoms with Crippen LogP contribution in [-0.2, 0) is 9.53 Å². The molecule has 0 aromatic carbocycles. The number of carbonyl (C=O) groups excluding carboxylic acids is 1. The molecule has 3 heteroatoms. The normalized spacial score (nSPS) is 12.9. The van der Waals surface area contributed by atoms with Gasteiger partial charge in [0.15, 0.2) is 0 Å². The Hall–Kier alpha value is -0.180. The number of ether oxygens (including phenoxy) is 1. The topological polar surface area (TPSA) is 26.3 Å². The van der Waals surface area contributed by atoms with E-state index in [-0.39, 0.29) is 11.2 Å². The van der Waals surface area contributed by atoms with Crippen molar-refractivity contribution >= 4 is 17.7 Å². The van der Waals surface area contributed by atoms with Crippen LogP contribution < -0.4 is 0 Å². The van der Waals surface area contributed by atoms with Crippen LogP contribution in [0.2, 0.25) is 0 Å². The predicted molar refractivity (Wildman–Crippen MR) is 67.2 cm³/mol. The predicted octanol–water partition coefficient (Wildman–Crippen LogP) is 3.50. The fourth-order valence-electron chi connectivity index (χ4n) is 1.21. The third kappa shape index (κ3) is 7.71. The number of carbonyl (C=O) groups is 1. The van der Waals surface area contributed by atoms with Crippen molar-refractivity contribution in [1.29, 1.82) is 0 Å². The van der Waals surface area contributed by atoms with E-state index in [0.717, 1.165) is 18.6 Å². The SMILES string of the molecule is CCCC(SCCC(C)C)C(=O)OCC. The molecule has 1 atom stereocenters. The van der Waals surface area contributed by atoms with Crippen molar-refractivity contribution in [3.05, 3.63) is 0 Å². The molecule has 0 bridgehead atoms. The van der Waals surface area contributed by atoms with Crippen molar-refractivity contribution in [3.63, 3.8) is 0 Å². The van der Waals surface area contributed by atoms with Crippen LogP contribution in [-0.4, -0.2) is 23.6 Å². The van der Waals surface area contributed by atoms with Crippen LogP contribution in [0.1, 0.15) is 47.0 Å². The van der Waals surface area contributed by atoms with E-state index in [1.807, 2.05) is 6.92 Å². The van der Waals surface area contributed by atoms with E-state index in [4.69, 9.17) is 4.74 Å². The van der Waals surface area contributed by atoms with Gasteiger partial charge in [-0.15, -0.1) is 11.8 Å². The first-order chi connectivity index (χ1) is 7.11. The molecule has 0 amide bonds. The zero-order valence-corrected chi connectivity index (χ0v) is 11.2. The molecule has 0 spiro atoms. The molecule has 0 saturated carbocycles. The summed E-state index contributed by atoms with van der Waals surface area (Å²) in [6.45, 7) is 8.87. The summed E-state index contributed by atoms with van der Waals surface area (Å²) in [5.41, 5.74) is 0. The van der Waals surface area contributed by atoms with Crippen LogP contribution in [0, 0.1) is 5.92 Å². The second-order valence-electron chi connectivity index (χ2n) is 4.08. The lowest BCUT2D eigenvalue weighted by atomic mass is 10.2. The van der Waals surface area contributed by atoms with Crippen molar-refractivity contribution in [2.75, 3.05) is 12.4 Å². The maximum absolute atomic E-state index is 11.6. The molecule has 0 heterocycles. The van der Waals surface area contributed by atoms with Gasteiger partial charge >= 0.3 is 5.97 Å². The first-order valence-electron chi connectivity index (χ1n) is 5.90. The Balaban J connectivity index is 3.87. The second-order valence-corrected chi connectivity index (χ2v) is 5.39. The van der Waals surface area contributed by atoms with Gasteiger partial charge in [-0.25, -0.2) is 0 Å². The van der Waals surface area contributed by atoms with Gasteiger partial charge in [0.1, 0.15) is 5.25 Å².